The molecule has 2 heterocycles. The molecular weight excluding hydrogens is 542 g/mol. The second-order valence-corrected chi connectivity index (χ2v) is 18.3. The van der Waals surface area contributed by atoms with Crippen LogP contribution in [0, 0.1) is 5.92 Å². The fourth-order valence-electron chi connectivity index (χ4n) is 4.33. The summed E-state index contributed by atoms with van der Waals surface area (Å²) in [5, 5.41) is 8.67. The molecule has 3 rings (SSSR count). The first-order valence-electron chi connectivity index (χ1n) is 14.1. The fourth-order valence-corrected chi connectivity index (χ4v) is 5.09. The van der Waals surface area contributed by atoms with Gasteiger partial charge in [-0.25, -0.2) is 14.6 Å². The van der Waals surface area contributed by atoms with Crippen molar-refractivity contribution in [3.05, 3.63) is 30.2 Å². The first-order chi connectivity index (χ1) is 19.1. The molecule has 1 aromatic heterocycles. The lowest BCUT2D eigenvalue weighted by molar-refractivity contribution is -0.119. The van der Waals surface area contributed by atoms with Gasteiger partial charge in [0.25, 0.3) is 0 Å². The second kappa shape index (κ2) is 13.5. The lowest BCUT2D eigenvalue weighted by atomic mass is 9.99. The van der Waals surface area contributed by atoms with Gasteiger partial charge in [0.2, 0.25) is 5.91 Å². The van der Waals surface area contributed by atoms with E-state index in [0.29, 0.717) is 54.3 Å². The van der Waals surface area contributed by atoms with Gasteiger partial charge in [-0.05, 0) is 57.9 Å². The largest absolute Gasteiger partial charge is 0.453 e. The number of amides is 3. The number of benzene rings is 1. The lowest BCUT2D eigenvalue weighted by Crippen LogP contribution is -2.36. The van der Waals surface area contributed by atoms with Crippen LogP contribution in [0.25, 0.3) is 11.3 Å². The summed E-state index contributed by atoms with van der Waals surface area (Å²) >= 11 is 0. The molecule has 1 aliphatic rings. The summed E-state index contributed by atoms with van der Waals surface area (Å²) in [5.41, 5.74) is 1.58. The van der Waals surface area contributed by atoms with Crippen LogP contribution in [0.1, 0.15) is 58.8 Å². The molecule has 1 aliphatic heterocycles. The average molecular weight is 588 g/mol. The van der Waals surface area contributed by atoms with Crippen molar-refractivity contribution < 1.29 is 28.6 Å². The van der Waals surface area contributed by atoms with Gasteiger partial charge in [-0.1, -0.05) is 33.0 Å². The molecule has 0 aliphatic carbocycles. The highest BCUT2D eigenvalue weighted by Gasteiger charge is 2.27. The van der Waals surface area contributed by atoms with E-state index in [1.165, 1.54) is 7.11 Å². The van der Waals surface area contributed by atoms with E-state index in [1.54, 1.807) is 18.2 Å². The lowest BCUT2D eigenvalue weighted by Gasteiger charge is -2.24. The van der Waals surface area contributed by atoms with E-state index in [-0.39, 0.29) is 18.6 Å². The molecule has 12 heteroatoms. The maximum absolute atomic E-state index is 13.1. The first-order valence-corrected chi connectivity index (χ1v) is 17.8. The van der Waals surface area contributed by atoms with Crippen LogP contribution >= 0.6 is 0 Å². The summed E-state index contributed by atoms with van der Waals surface area (Å²) in [7, 11) is 0.00428. The molecule has 0 unspecified atom stereocenters. The number of anilines is 2. The molecule has 226 valence electrons. The Labute approximate surface area is 243 Å². The number of imidazole rings is 1. The summed E-state index contributed by atoms with van der Waals surface area (Å²) in [5.74, 6) is 0.213. The van der Waals surface area contributed by atoms with E-state index in [9.17, 15) is 14.4 Å². The Kier molecular flexibility index (Phi) is 10.6. The van der Waals surface area contributed by atoms with Gasteiger partial charge in [-0.15, -0.1) is 0 Å². The van der Waals surface area contributed by atoms with Crippen molar-refractivity contribution >= 4 is 37.5 Å². The average Bonchev–Trinajstić information content (AvgIpc) is 3.27. The monoisotopic (exact) mass is 587 g/mol. The predicted molar refractivity (Wildman–Crippen MR) is 162 cm³/mol. The summed E-state index contributed by atoms with van der Waals surface area (Å²) in [4.78, 5) is 42.8. The zero-order chi connectivity index (χ0) is 30.4. The van der Waals surface area contributed by atoms with Crippen LogP contribution in [0.3, 0.4) is 0 Å². The van der Waals surface area contributed by atoms with Crippen molar-refractivity contribution in [3.8, 4) is 11.3 Å². The van der Waals surface area contributed by atoms with Gasteiger partial charge >= 0.3 is 12.2 Å². The zero-order valence-corrected chi connectivity index (χ0v) is 26.6. The standard InChI is InChI=1S/C29H45N5O6Si/c1-19-10-9-11-22(33-28(37)40-29(2,3)4)25-31-24(17-34(25)18-39-14-15-41(6,7)8)21-13-12-20(30-27(36)38-5)16-23(21)32-26(19)35/h12-13,16-17,19,22H,9-11,14-15,18H2,1-8H3,(H,30,36)(H,32,35)(H,33,37)/t19-,22+/m1/s1. The normalized spacial score (nSPS) is 17.8. The highest BCUT2D eigenvalue weighted by molar-refractivity contribution is 6.76. The van der Waals surface area contributed by atoms with Crippen molar-refractivity contribution in [2.45, 2.75) is 91.0 Å². The number of fused-ring (bicyclic) bond motifs is 4. The van der Waals surface area contributed by atoms with Crippen molar-refractivity contribution in [3.63, 3.8) is 0 Å². The van der Waals surface area contributed by atoms with Crippen LogP contribution in [0.2, 0.25) is 25.7 Å². The van der Waals surface area contributed by atoms with E-state index in [1.807, 2.05) is 38.5 Å². The van der Waals surface area contributed by atoms with Crippen LogP contribution in [0.4, 0.5) is 21.0 Å². The molecular formula is C29H45N5O6Si. The minimum absolute atomic E-state index is 0.145. The van der Waals surface area contributed by atoms with Crippen LogP contribution in [-0.2, 0) is 25.7 Å². The number of carbonyl (C=O) groups is 3. The number of nitrogens with zero attached hydrogens (tertiary/aromatic N) is 2. The number of aromatic nitrogens is 2. The summed E-state index contributed by atoms with van der Waals surface area (Å²) < 4.78 is 18.3. The molecule has 2 atom stereocenters. The fraction of sp³-hybridized carbons (Fsp3) is 0.586. The van der Waals surface area contributed by atoms with Crippen molar-refractivity contribution in [1.82, 2.24) is 14.9 Å². The minimum Gasteiger partial charge on any atom is -0.453 e. The van der Waals surface area contributed by atoms with Crippen molar-refractivity contribution in [2.24, 2.45) is 5.92 Å². The molecule has 3 N–H and O–H groups in total. The number of nitrogens with one attached hydrogen (secondary N) is 3. The molecule has 0 spiro atoms. The predicted octanol–water partition coefficient (Wildman–Crippen LogP) is 6.37. The van der Waals surface area contributed by atoms with Gasteiger partial charge in [-0.2, -0.15) is 0 Å². The first kappa shape index (κ1) is 32.1. The Morgan fingerprint density at radius 2 is 1.90 bits per heavy atom. The summed E-state index contributed by atoms with van der Waals surface area (Å²) in [6, 6.07) is 5.75. The molecule has 0 saturated heterocycles. The van der Waals surface area contributed by atoms with Gasteiger partial charge < -0.3 is 29.4 Å². The number of hydrogen-bond acceptors (Lipinski definition) is 7. The van der Waals surface area contributed by atoms with Crippen molar-refractivity contribution in [1.29, 1.82) is 0 Å². The molecule has 0 fully saturated rings. The number of methoxy groups -OCH3 is 1. The Morgan fingerprint density at radius 1 is 1.17 bits per heavy atom. The molecule has 11 nitrogen and oxygen atoms in total. The number of carbonyl (C=O) groups excluding carboxylic acids is 3. The Hall–Kier alpha value is -3.38. The molecule has 41 heavy (non-hydrogen) atoms. The molecule has 0 saturated carbocycles. The van der Waals surface area contributed by atoms with Crippen LogP contribution in [0.5, 0.6) is 0 Å². The maximum Gasteiger partial charge on any atom is 0.411 e. The number of ether oxygens (including phenoxy) is 3. The number of alkyl carbamates (subject to hydrolysis) is 1. The van der Waals surface area contributed by atoms with E-state index in [4.69, 9.17) is 19.2 Å². The third kappa shape index (κ3) is 9.89. The van der Waals surface area contributed by atoms with E-state index in [2.05, 4.69) is 35.6 Å². The third-order valence-electron chi connectivity index (χ3n) is 6.60. The number of rotatable bonds is 7. The number of hydrogen-bond donors (Lipinski definition) is 3. The Morgan fingerprint density at radius 3 is 2.56 bits per heavy atom. The zero-order valence-electron chi connectivity index (χ0n) is 25.6. The van der Waals surface area contributed by atoms with E-state index >= 15 is 0 Å². The van der Waals surface area contributed by atoms with Gasteiger partial charge in [0.05, 0.1) is 24.5 Å². The molecule has 1 aromatic carbocycles. The van der Waals surface area contributed by atoms with E-state index in [0.717, 1.165) is 6.04 Å². The quantitative estimate of drug-likeness (QED) is 0.253. The second-order valence-electron chi connectivity index (χ2n) is 12.7. The minimum atomic E-state index is -1.28. The maximum atomic E-state index is 13.1. The summed E-state index contributed by atoms with van der Waals surface area (Å²) in [6.07, 6.45) is 2.56. The van der Waals surface area contributed by atoms with Crippen molar-refractivity contribution in [2.75, 3.05) is 24.4 Å². The van der Waals surface area contributed by atoms with Gasteiger partial charge in [0.1, 0.15) is 18.2 Å². The van der Waals surface area contributed by atoms with Crippen LogP contribution < -0.4 is 16.0 Å². The Bertz CT molecular complexity index is 1230. The molecule has 2 bridgehead atoms. The molecule has 3 amide bonds. The van der Waals surface area contributed by atoms with E-state index < -0.39 is 31.9 Å². The smallest absolute Gasteiger partial charge is 0.411 e. The third-order valence-corrected chi connectivity index (χ3v) is 8.30. The van der Waals surface area contributed by atoms with Gasteiger partial charge in [0, 0.05) is 38.0 Å². The highest BCUT2D eigenvalue weighted by Crippen LogP contribution is 2.34. The molecule has 2 aromatic rings. The van der Waals surface area contributed by atoms with Crippen LogP contribution in [0.15, 0.2) is 24.4 Å². The SMILES string of the molecule is COC(=O)Nc1ccc2c(c1)NC(=O)[C@H](C)CCC[C@H](NC(=O)OC(C)(C)C)c1nc-2cn1COCC[Si](C)(C)C. The molecule has 0 radical (unpaired) electrons. The van der Waals surface area contributed by atoms with Crippen LogP contribution in [-0.4, -0.2) is 55.0 Å². The van der Waals surface area contributed by atoms with Gasteiger partial charge in [0.15, 0.2) is 0 Å². The summed E-state index contributed by atoms with van der Waals surface area (Å²) in [6.45, 7) is 15.1. The topological polar surface area (TPSA) is 133 Å². The van der Waals surface area contributed by atoms with Gasteiger partial charge in [-0.3, -0.25) is 10.1 Å². The Balaban J connectivity index is 2.06. The highest BCUT2D eigenvalue weighted by atomic mass is 28.3.